The molecule has 0 amide bonds. The summed E-state index contributed by atoms with van der Waals surface area (Å²) < 4.78 is 50.5. The number of carbonyl (C=O) groups is 2. The van der Waals surface area contributed by atoms with Crippen molar-refractivity contribution < 1.29 is 47.5 Å². The number of ether oxygens (including phenoxy) is 8. The molecule has 7 rings (SSSR count). The van der Waals surface area contributed by atoms with E-state index in [0.717, 1.165) is 56.3 Å². The Balaban J connectivity index is 1.18. The number of aromatic amines is 2. The summed E-state index contributed by atoms with van der Waals surface area (Å²) in [6, 6.07) is 0.318. The van der Waals surface area contributed by atoms with E-state index in [9.17, 15) is 9.59 Å². The summed E-state index contributed by atoms with van der Waals surface area (Å²) in [6.07, 6.45) is 5.30. The molecule has 0 aromatic carbocycles. The number of hydrogen-bond donors (Lipinski definition) is 2. The molecule has 1 saturated carbocycles. The Morgan fingerprint density at radius 3 is 2.27 bits per heavy atom. The largest absolute Gasteiger partial charge is 0.462 e. The first-order valence-electron chi connectivity index (χ1n) is 21.0. The summed E-state index contributed by atoms with van der Waals surface area (Å²) in [4.78, 5) is 37.9. The van der Waals surface area contributed by atoms with Gasteiger partial charge in [-0.2, -0.15) is 0 Å². The number of esters is 1. The van der Waals surface area contributed by atoms with E-state index in [2.05, 4.69) is 48.9 Å². The van der Waals surface area contributed by atoms with Gasteiger partial charge in [0.25, 0.3) is 0 Å². The van der Waals surface area contributed by atoms with Gasteiger partial charge in [0.2, 0.25) is 0 Å². The summed E-state index contributed by atoms with van der Waals surface area (Å²) in [5, 5.41) is 0. The van der Waals surface area contributed by atoms with Crippen LogP contribution in [0.15, 0.2) is 11.6 Å². The number of H-pyrrole nitrogens is 2. The maximum Gasteiger partial charge on any atom is 0.306 e. The van der Waals surface area contributed by atoms with Gasteiger partial charge in [0.05, 0.1) is 30.8 Å². The highest BCUT2D eigenvalue weighted by Crippen LogP contribution is 2.61. The monoisotopic (exact) mass is 803 g/mol. The van der Waals surface area contributed by atoms with Crippen molar-refractivity contribution in [1.29, 1.82) is 0 Å². The number of imidazole rings is 1. The van der Waals surface area contributed by atoms with Crippen LogP contribution >= 0.6 is 12.2 Å². The van der Waals surface area contributed by atoms with Gasteiger partial charge in [0, 0.05) is 62.4 Å². The van der Waals surface area contributed by atoms with E-state index in [1.54, 1.807) is 21.3 Å². The SMILES string of the molecule is CC[C@H]1CCC[C@H](O[C@H]2CC[C@H](N(C)C)[C@@H](C)O2)[C@@H](C)C(=O)C2=C[C@H]3[C@@H]4C[C@H](O[C@@H]5O[C@@H](C)[C@H](OC)[C@@H](OC)[C@H]5OC)C[C@H]4c4[nH]c(=S)[nH]c4[C@H]3[C@@H]2CC(=O)O1. The van der Waals surface area contributed by atoms with Crippen LogP contribution in [0.4, 0.5) is 0 Å². The number of Topliss-reactive ketones (excluding diaryl/α,β-unsaturated/α-hetero) is 1. The van der Waals surface area contributed by atoms with Crippen LogP contribution in [0.3, 0.4) is 0 Å². The minimum atomic E-state index is -0.654. The number of cyclic esters (lactones) is 1. The van der Waals surface area contributed by atoms with E-state index in [0.29, 0.717) is 22.8 Å². The Morgan fingerprint density at radius 1 is 0.857 bits per heavy atom. The predicted molar refractivity (Wildman–Crippen MR) is 210 cm³/mol. The van der Waals surface area contributed by atoms with E-state index in [1.165, 1.54) is 0 Å². The molecule has 2 N–H and O–H groups in total. The lowest BCUT2D eigenvalue weighted by Crippen LogP contribution is -2.59. The Labute approximate surface area is 337 Å². The maximum atomic E-state index is 15.0. The van der Waals surface area contributed by atoms with Gasteiger partial charge < -0.3 is 52.8 Å². The molecule has 56 heavy (non-hydrogen) atoms. The number of hydrogen-bond acceptors (Lipinski definition) is 12. The molecule has 17 atom stereocenters. The van der Waals surface area contributed by atoms with Gasteiger partial charge in [-0.05, 0) is 109 Å². The molecule has 3 saturated heterocycles. The summed E-state index contributed by atoms with van der Waals surface area (Å²) in [7, 11) is 9.11. The van der Waals surface area contributed by atoms with Crippen LogP contribution < -0.4 is 0 Å². The number of fused-ring (bicyclic) bond motifs is 8. The van der Waals surface area contributed by atoms with Crippen molar-refractivity contribution in [3.63, 3.8) is 0 Å². The summed E-state index contributed by atoms with van der Waals surface area (Å²) in [6.45, 7) is 8.12. The Kier molecular flexibility index (Phi) is 13.3. The van der Waals surface area contributed by atoms with Gasteiger partial charge in [-0.25, -0.2) is 0 Å². The third-order valence-corrected chi connectivity index (χ3v) is 14.3. The number of aromatic nitrogens is 2. The summed E-state index contributed by atoms with van der Waals surface area (Å²) >= 11 is 5.73. The average molecular weight is 804 g/mol. The smallest absolute Gasteiger partial charge is 0.306 e. The molecular formula is C42H65N3O10S. The number of likely N-dealkylation sites (N-methyl/N-ethyl adjacent to an activating group) is 1. The van der Waals surface area contributed by atoms with Gasteiger partial charge >= 0.3 is 5.97 Å². The second-order valence-corrected chi connectivity index (χ2v) is 17.8. The highest BCUT2D eigenvalue weighted by atomic mass is 32.1. The highest BCUT2D eigenvalue weighted by Gasteiger charge is 2.56. The fourth-order valence-corrected chi connectivity index (χ4v) is 11.5. The second-order valence-electron chi connectivity index (χ2n) is 17.4. The van der Waals surface area contributed by atoms with Crippen LogP contribution in [0.2, 0.25) is 0 Å². The molecule has 1 aromatic heterocycles. The van der Waals surface area contributed by atoms with E-state index in [1.807, 2.05) is 13.8 Å². The normalized spacial score (nSPS) is 43.2. The molecule has 0 radical (unpaired) electrons. The lowest BCUT2D eigenvalue weighted by molar-refractivity contribution is -0.314. The number of allylic oxidation sites excluding steroid dienone is 2. The maximum absolute atomic E-state index is 15.0. The minimum Gasteiger partial charge on any atom is -0.462 e. The van der Waals surface area contributed by atoms with E-state index < -0.39 is 18.3 Å². The Bertz CT molecular complexity index is 1630. The first-order valence-corrected chi connectivity index (χ1v) is 21.4. The number of nitrogens with zero attached hydrogens (tertiary/aromatic N) is 1. The van der Waals surface area contributed by atoms with Crippen LogP contribution in [0.5, 0.6) is 0 Å². The Hall–Kier alpha value is -2.01. The molecule has 0 spiro atoms. The molecule has 0 unspecified atom stereocenters. The zero-order chi connectivity index (χ0) is 40.0. The van der Waals surface area contributed by atoms with Crippen LogP contribution in [0.25, 0.3) is 0 Å². The van der Waals surface area contributed by atoms with Crippen molar-refractivity contribution >= 4 is 24.0 Å². The van der Waals surface area contributed by atoms with E-state index >= 15 is 0 Å². The fraction of sp³-hybridized carbons (Fsp3) is 0.833. The highest BCUT2D eigenvalue weighted by molar-refractivity contribution is 7.71. The summed E-state index contributed by atoms with van der Waals surface area (Å²) in [5.74, 6) is -0.950. The van der Waals surface area contributed by atoms with Crippen molar-refractivity contribution in [3.05, 3.63) is 27.8 Å². The topological polar surface area (TPSA) is 143 Å². The van der Waals surface area contributed by atoms with Crippen molar-refractivity contribution in [2.45, 2.75) is 165 Å². The lowest BCUT2D eigenvalue weighted by atomic mass is 9.67. The first kappa shape index (κ1) is 42.1. The quantitative estimate of drug-likeness (QED) is 0.225. The van der Waals surface area contributed by atoms with Gasteiger partial charge in [-0.3, -0.25) is 9.59 Å². The number of ketones is 1. The Morgan fingerprint density at radius 2 is 1.59 bits per heavy atom. The third-order valence-electron chi connectivity index (χ3n) is 14.1. The van der Waals surface area contributed by atoms with Gasteiger partial charge in [0.1, 0.15) is 24.4 Å². The van der Waals surface area contributed by atoms with E-state index in [-0.39, 0.29) is 96.8 Å². The van der Waals surface area contributed by atoms with Gasteiger partial charge in [0.15, 0.2) is 23.1 Å². The standard InChI is InChI=1S/C42H65N3O10S/c1-10-23-12-11-13-31(55-33-15-14-30(45(5)6)21(3)51-33)20(2)37(47)29-18-26-25-16-24(54-41-40(50-9)39(49-8)38(48-7)22(4)52-41)17-28(25)35-36(44-42(56)43-35)34(26)27(29)19-32(46)53-23/h18,20-28,30-31,33-34,38-41H,10-17,19H2,1-9H3,(H2,43,44,56)/t20-,21-,22+,23+,24+,25+,26+,27-,28-,30+,31+,33+,34-,38+,39-,40-,41+/m1/s1. The fourth-order valence-electron chi connectivity index (χ4n) is 11.2. The second kappa shape index (κ2) is 17.7. The molecule has 3 aliphatic heterocycles. The number of nitrogens with one attached hydrogen (secondary N) is 2. The molecule has 13 nitrogen and oxygen atoms in total. The van der Waals surface area contributed by atoms with Crippen LogP contribution in [-0.4, -0.2) is 129 Å². The lowest BCUT2D eigenvalue weighted by Gasteiger charge is -2.44. The number of methoxy groups -OCH3 is 3. The number of carbonyl (C=O) groups excluding carboxylic acids is 2. The molecule has 6 aliphatic rings. The van der Waals surface area contributed by atoms with Crippen LogP contribution in [0.1, 0.15) is 109 Å². The predicted octanol–water partition coefficient (Wildman–Crippen LogP) is 5.95. The molecule has 4 fully saturated rings. The summed E-state index contributed by atoms with van der Waals surface area (Å²) in [5.41, 5.74) is 2.73. The van der Waals surface area contributed by atoms with Crippen LogP contribution in [0, 0.1) is 28.4 Å². The van der Waals surface area contributed by atoms with Crippen molar-refractivity contribution in [3.8, 4) is 0 Å². The van der Waals surface area contributed by atoms with Crippen molar-refractivity contribution in [2.24, 2.45) is 23.7 Å². The molecule has 314 valence electrons. The van der Waals surface area contributed by atoms with E-state index in [4.69, 9.17) is 50.1 Å². The zero-order valence-electron chi connectivity index (χ0n) is 34.7. The molecule has 4 heterocycles. The van der Waals surface area contributed by atoms with Gasteiger partial charge in [-0.15, -0.1) is 0 Å². The van der Waals surface area contributed by atoms with Gasteiger partial charge in [-0.1, -0.05) is 19.9 Å². The average Bonchev–Trinajstić information content (AvgIpc) is 3.87. The molecule has 1 aromatic rings. The molecule has 0 bridgehead atoms. The molecule has 14 heteroatoms. The van der Waals surface area contributed by atoms with Crippen LogP contribution in [-0.2, 0) is 47.5 Å². The zero-order valence-corrected chi connectivity index (χ0v) is 35.5. The number of rotatable bonds is 9. The first-order chi connectivity index (χ1) is 26.9. The minimum absolute atomic E-state index is 0.0142. The molecule has 3 aliphatic carbocycles. The van der Waals surface area contributed by atoms with Crippen molar-refractivity contribution in [2.75, 3.05) is 35.4 Å². The van der Waals surface area contributed by atoms with Crippen molar-refractivity contribution in [1.82, 2.24) is 14.9 Å². The molecular weight excluding hydrogens is 739 g/mol. The third kappa shape index (κ3) is 8.12.